The van der Waals surface area contributed by atoms with E-state index >= 15 is 0 Å². The third-order valence-corrected chi connectivity index (χ3v) is 2.39. The van der Waals surface area contributed by atoms with Gasteiger partial charge in [-0.1, -0.05) is 11.6 Å². The summed E-state index contributed by atoms with van der Waals surface area (Å²) in [5, 5.41) is 11.1. The highest BCUT2D eigenvalue weighted by atomic mass is 35.5. The highest BCUT2D eigenvalue weighted by Crippen LogP contribution is 2.29. The molecule has 4 nitrogen and oxygen atoms in total. The molecular weight excluding hydrogens is 204 g/mol. The number of hydrogen-bond acceptors (Lipinski definition) is 3. The van der Waals surface area contributed by atoms with Gasteiger partial charge < -0.3 is 0 Å². The van der Waals surface area contributed by atoms with Crippen LogP contribution in [0.25, 0.3) is 0 Å². The molecule has 1 heterocycles. The molecule has 0 N–H and O–H groups in total. The molecule has 0 amide bonds. The first-order chi connectivity index (χ1) is 6.66. The van der Waals surface area contributed by atoms with Gasteiger partial charge in [0.25, 0.3) is 5.69 Å². The van der Waals surface area contributed by atoms with Gasteiger partial charge in [-0.05, 0) is 18.1 Å². The molecule has 0 radical (unpaired) electrons. The monoisotopic (exact) mass is 210 g/mol. The maximum absolute atomic E-state index is 10.5. The van der Waals surface area contributed by atoms with E-state index in [1.807, 2.05) is 0 Å². The SMILES string of the molecule is O=[N+]([O-])c1ccc2c(c1)CCC(Cl)=N2. The van der Waals surface area contributed by atoms with Gasteiger partial charge in [-0.2, -0.15) is 0 Å². The average Bonchev–Trinajstić information content (AvgIpc) is 2.16. The molecule has 0 atom stereocenters. The number of hydrogen-bond donors (Lipinski definition) is 0. The van der Waals surface area contributed by atoms with Gasteiger partial charge in [-0.3, -0.25) is 10.1 Å². The third-order valence-electron chi connectivity index (χ3n) is 2.12. The number of halogens is 1. The van der Waals surface area contributed by atoms with Crippen molar-refractivity contribution < 1.29 is 4.92 Å². The van der Waals surface area contributed by atoms with E-state index in [4.69, 9.17) is 11.6 Å². The minimum absolute atomic E-state index is 0.108. The Morgan fingerprint density at radius 3 is 2.93 bits per heavy atom. The van der Waals surface area contributed by atoms with Gasteiger partial charge in [0.2, 0.25) is 0 Å². The first kappa shape index (κ1) is 9.15. The van der Waals surface area contributed by atoms with Gasteiger partial charge in [-0.25, -0.2) is 4.99 Å². The molecule has 0 bridgehead atoms. The number of nitro benzene ring substituents is 1. The Kier molecular flexibility index (Phi) is 2.21. The molecule has 0 saturated heterocycles. The molecule has 2 rings (SSSR count). The largest absolute Gasteiger partial charge is 0.269 e. The van der Waals surface area contributed by atoms with E-state index in [0.717, 1.165) is 17.7 Å². The minimum Gasteiger partial charge on any atom is -0.258 e. The Labute approximate surface area is 85.4 Å². The summed E-state index contributed by atoms with van der Waals surface area (Å²) < 4.78 is 0. The van der Waals surface area contributed by atoms with Gasteiger partial charge >= 0.3 is 0 Å². The van der Waals surface area contributed by atoms with E-state index in [1.165, 1.54) is 6.07 Å². The number of benzene rings is 1. The van der Waals surface area contributed by atoms with E-state index < -0.39 is 4.92 Å². The molecule has 14 heavy (non-hydrogen) atoms. The van der Waals surface area contributed by atoms with Crippen LogP contribution in [0.3, 0.4) is 0 Å². The highest BCUT2D eigenvalue weighted by molar-refractivity contribution is 6.65. The van der Waals surface area contributed by atoms with Crippen molar-refractivity contribution in [2.75, 3.05) is 0 Å². The molecule has 1 aromatic carbocycles. The second kappa shape index (κ2) is 3.38. The molecule has 5 heteroatoms. The van der Waals surface area contributed by atoms with Crippen molar-refractivity contribution in [1.82, 2.24) is 0 Å². The summed E-state index contributed by atoms with van der Waals surface area (Å²) in [6, 6.07) is 4.63. The van der Waals surface area contributed by atoms with Crippen LogP contribution in [-0.2, 0) is 6.42 Å². The summed E-state index contributed by atoms with van der Waals surface area (Å²) in [5.41, 5.74) is 1.74. The predicted octanol–water partition coefficient (Wildman–Crippen LogP) is 2.81. The van der Waals surface area contributed by atoms with Crippen LogP contribution in [0.5, 0.6) is 0 Å². The fourth-order valence-electron chi connectivity index (χ4n) is 1.42. The molecule has 0 spiro atoms. The van der Waals surface area contributed by atoms with E-state index in [1.54, 1.807) is 12.1 Å². The summed E-state index contributed by atoms with van der Waals surface area (Å²) >= 11 is 5.76. The van der Waals surface area contributed by atoms with Crippen molar-refractivity contribution >= 4 is 28.1 Å². The molecule has 0 unspecified atom stereocenters. The summed E-state index contributed by atoms with van der Waals surface area (Å²) in [6.07, 6.45) is 1.38. The molecular formula is C9H7ClN2O2. The molecule has 0 aliphatic carbocycles. The van der Waals surface area contributed by atoms with Crippen molar-refractivity contribution in [2.45, 2.75) is 12.8 Å². The lowest BCUT2D eigenvalue weighted by Gasteiger charge is -2.10. The number of aliphatic imine (C=N–C) groups is 1. The lowest BCUT2D eigenvalue weighted by Crippen LogP contribution is -2.00. The van der Waals surface area contributed by atoms with Crippen molar-refractivity contribution in [2.24, 2.45) is 4.99 Å². The Morgan fingerprint density at radius 2 is 2.21 bits per heavy atom. The fraction of sp³-hybridized carbons (Fsp3) is 0.222. The maximum Gasteiger partial charge on any atom is 0.269 e. The van der Waals surface area contributed by atoms with Crippen LogP contribution in [0.2, 0.25) is 0 Å². The van der Waals surface area contributed by atoms with E-state index in [2.05, 4.69) is 4.99 Å². The van der Waals surface area contributed by atoms with Crippen LogP contribution in [-0.4, -0.2) is 10.1 Å². The fourth-order valence-corrected chi connectivity index (χ4v) is 1.60. The van der Waals surface area contributed by atoms with Crippen molar-refractivity contribution in [3.63, 3.8) is 0 Å². The van der Waals surface area contributed by atoms with Crippen LogP contribution < -0.4 is 0 Å². The van der Waals surface area contributed by atoms with Gasteiger partial charge in [0.05, 0.1) is 10.6 Å². The van der Waals surface area contributed by atoms with Crippen LogP contribution in [0, 0.1) is 10.1 Å². The summed E-state index contributed by atoms with van der Waals surface area (Å²) in [5.74, 6) is 0. The standard InChI is InChI=1S/C9H7ClN2O2/c10-9-4-1-6-5-7(12(13)14)2-3-8(6)11-9/h2-3,5H,1,4H2. The van der Waals surface area contributed by atoms with Crippen LogP contribution in [0.4, 0.5) is 11.4 Å². The first-order valence-electron chi connectivity index (χ1n) is 4.17. The highest BCUT2D eigenvalue weighted by Gasteiger charge is 2.14. The Morgan fingerprint density at radius 1 is 1.43 bits per heavy atom. The van der Waals surface area contributed by atoms with Gasteiger partial charge in [-0.15, -0.1) is 0 Å². The number of non-ortho nitro benzene ring substituents is 1. The molecule has 0 aromatic heterocycles. The van der Waals surface area contributed by atoms with E-state index in [0.29, 0.717) is 11.6 Å². The van der Waals surface area contributed by atoms with Crippen molar-refractivity contribution in [3.8, 4) is 0 Å². The van der Waals surface area contributed by atoms with Crippen LogP contribution in [0.15, 0.2) is 23.2 Å². The second-order valence-electron chi connectivity index (χ2n) is 3.06. The molecule has 1 aliphatic heterocycles. The molecule has 72 valence electrons. The zero-order valence-corrected chi connectivity index (χ0v) is 7.99. The predicted molar refractivity (Wildman–Crippen MR) is 54.4 cm³/mol. The topological polar surface area (TPSA) is 55.5 Å². The van der Waals surface area contributed by atoms with Gasteiger partial charge in [0.15, 0.2) is 0 Å². The summed E-state index contributed by atoms with van der Waals surface area (Å²) in [7, 11) is 0. The molecule has 0 fully saturated rings. The summed E-state index contributed by atoms with van der Waals surface area (Å²) in [6.45, 7) is 0. The molecule has 1 aromatic rings. The Bertz CT molecular complexity index is 429. The number of rotatable bonds is 1. The lowest BCUT2D eigenvalue weighted by molar-refractivity contribution is -0.384. The average molecular weight is 211 g/mol. The van der Waals surface area contributed by atoms with Gasteiger partial charge in [0, 0.05) is 18.6 Å². The summed E-state index contributed by atoms with van der Waals surface area (Å²) in [4.78, 5) is 14.2. The quantitative estimate of drug-likeness (QED) is 0.529. The first-order valence-corrected chi connectivity index (χ1v) is 4.55. The van der Waals surface area contributed by atoms with Crippen molar-refractivity contribution in [1.29, 1.82) is 0 Å². The Balaban J connectivity index is 2.47. The lowest BCUT2D eigenvalue weighted by atomic mass is 10.0. The van der Waals surface area contributed by atoms with E-state index in [-0.39, 0.29) is 5.69 Å². The number of nitrogens with zero attached hydrogens (tertiary/aromatic N) is 2. The number of nitro groups is 1. The third kappa shape index (κ3) is 1.61. The van der Waals surface area contributed by atoms with E-state index in [9.17, 15) is 10.1 Å². The smallest absolute Gasteiger partial charge is 0.258 e. The number of aryl methyl sites for hydroxylation is 1. The zero-order valence-electron chi connectivity index (χ0n) is 7.24. The zero-order chi connectivity index (χ0) is 10.1. The van der Waals surface area contributed by atoms with Gasteiger partial charge in [0.1, 0.15) is 5.17 Å². The normalized spacial score (nSPS) is 14.5. The Hall–Kier alpha value is -1.42. The number of fused-ring (bicyclic) bond motifs is 1. The maximum atomic E-state index is 10.5. The molecule has 0 saturated carbocycles. The van der Waals surface area contributed by atoms with Crippen LogP contribution >= 0.6 is 11.6 Å². The second-order valence-corrected chi connectivity index (χ2v) is 3.49. The van der Waals surface area contributed by atoms with Crippen molar-refractivity contribution in [3.05, 3.63) is 33.9 Å². The molecule has 1 aliphatic rings. The van der Waals surface area contributed by atoms with Crippen LogP contribution in [0.1, 0.15) is 12.0 Å². The minimum atomic E-state index is -0.403.